The smallest absolute Gasteiger partial charge is 0.129 e. The second kappa shape index (κ2) is 5.99. The van der Waals surface area contributed by atoms with E-state index in [1.807, 2.05) is 0 Å². The van der Waals surface area contributed by atoms with E-state index < -0.39 is 11.6 Å². The molecule has 0 atom stereocenters. The molecule has 0 fully saturated rings. The number of hydrogen-bond acceptors (Lipinski definition) is 2. The van der Waals surface area contributed by atoms with Crippen LogP contribution in [0, 0.1) is 11.6 Å². The Hall–Kier alpha value is -1.65. The highest BCUT2D eigenvalue weighted by molar-refractivity contribution is 6.30. The highest BCUT2D eigenvalue weighted by Crippen LogP contribution is 2.20. The molecule has 0 aliphatic heterocycles. The number of ether oxygens (including phenoxy) is 1. The maximum atomic E-state index is 13.5. The van der Waals surface area contributed by atoms with Gasteiger partial charge in [-0.1, -0.05) is 11.6 Å². The molecule has 2 nitrogen and oxygen atoms in total. The van der Waals surface area contributed by atoms with Gasteiger partial charge in [0, 0.05) is 23.2 Å². The van der Waals surface area contributed by atoms with Gasteiger partial charge in [-0.25, -0.2) is 8.78 Å². The van der Waals surface area contributed by atoms with Gasteiger partial charge in [-0.3, -0.25) is 0 Å². The van der Waals surface area contributed by atoms with Crippen LogP contribution < -0.4 is 10.5 Å². The van der Waals surface area contributed by atoms with Gasteiger partial charge in [0.2, 0.25) is 0 Å². The summed E-state index contributed by atoms with van der Waals surface area (Å²) in [7, 11) is 0. The summed E-state index contributed by atoms with van der Waals surface area (Å²) in [5, 5.41) is 0.418. The van der Waals surface area contributed by atoms with E-state index in [4.69, 9.17) is 22.1 Å². The van der Waals surface area contributed by atoms with Crippen LogP contribution in [0.5, 0.6) is 5.75 Å². The van der Waals surface area contributed by atoms with Crippen LogP contribution in [0.15, 0.2) is 36.4 Å². The maximum Gasteiger partial charge on any atom is 0.129 e. The molecule has 0 unspecified atom stereocenters. The Kier molecular flexibility index (Phi) is 4.35. The minimum atomic E-state index is -0.440. The minimum absolute atomic E-state index is 0.0279. The SMILES string of the molecule is NCc1cc(F)cc(OCc2cc(Cl)ccc2F)c1. The summed E-state index contributed by atoms with van der Waals surface area (Å²) in [5.74, 6) is -0.552. The molecular formula is C14H12ClF2NO. The molecule has 0 bridgehead atoms. The molecule has 0 spiro atoms. The van der Waals surface area contributed by atoms with Gasteiger partial charge in [0.25, 0.3) is 0 Å². The van der Waals surface area contributed by atoms with Gasteiger partial charge >= 0.3 is 0 Å². The number of rotatable bonds is 4. The first-order chi connectivity index (χ1) is 9.08. The number of hydrogen-bond donors (Lipinski definition) is 1. The van der Waals surface area contributed by atoms with Crippen molar-refractivity contribution in [1.29, 1.82) is 0 Å². The highest BCUT2D eigenvalue weighted by Gasteiger charge is 2.06. The molecular weight excluding hydrogens is 272 g/mol. The number of nitrogens with two attached hydrogens (primary N) is 1. The third kappa shape index (κ3) is 3.66. The zero-order valence-electron chi connectivity index (χ0n) is 10.00. The summed E-state index contributed by atoms with van der Waals surface area (Å²) in [5.41, 5.74) is 6.36. The van der Waals surface area contributed by atoms with Crippen molar-refractivity contribution in [2.75, 3.05) is 0 Å². The molecule has 2 aromatic carbocycles. The van der Waals surface area contributed by atoms with Crippen molar-refractivity contribution in [2.24, 2.45) is 5.73 Å². The first kappa shape index (κ1) is 13.8. The predicted molar refractivity (Wildman–Crippen MR) is 70.0 cm³/mol. The van der Waals surface area contributed by atoms with Gasteiger partial charge in [0.1, 0.15) is 24.0 Å². The van der Waals surface area contributed by atoms with Gasteiger partial charge in [0.05, 0.1) is 0 Å². The van der Waals surface area contributed by atoms with Crippen molar-refractivity contribution in [1.82, 2.24) is 0 Å². The number of halogens is 3. The van der Waals surface area contributed by atoms with Crippen molar-refractivity contribution in [3.8, 4) is 5.75 Å². The molecule has 0 aliphatic rings. The average Bonchev–Trinajstić information content (AvgIpc) is 2.39. The molecule has 100 valence electrons. The Morgan fingerprint density at radius 1 is 1.11 bits per heavy atom. The predicted octanol–water partition coefficient (Wildman–Crippen LogP) is 3.66. The monoisotopic (exact) mass is 283 g/mol. The second-order valence-corrected chi connectivity index (χ2v) is 4.46. The summed E-state index contributed by atoms with van der Waals surface area (Å²) in [6, 6.07) is 8.35. The third-order valence-corrected chi connectivity index (χ3v) is 2.80. The van der Waals surface area contributed by atoms with E-state index >= 15 is 0 Å². The third-order valence-electron chi connectivity index (χ3n) is 2.57. The molecule has 5 heteroatoms. The topological polar surface area (TPSA) is 35.2 Å². The first-order valence-corrected chi connectivity index (χ1v) is 6.02. The van der Waals surface area contributed by atoms with Gasteiger partial charge in [0.15, 0.2) is 0 Å². The summed E-state index contributed by atoms with van der Waals surface area (Å²) in [6.45, 7) is 0.180. The fourth-order valence-corrected chi connectivity index (χ4v) is 1.83. The molecule has 0 amide bonds. The van der Waals surface area contributed by atoms with Crippen LogP contribution in [0.25, 0.3) is 0 Å². The molecule has 0 saturated heterocycles. The van der Waals surface area contributed by atoms with Crippen LogP contribution in [0.3, 0.4) is 0 Å². The van der Waals surface area contributed by atoms with Crippen LogP contribution in [0.1, 0.15) is 11.1 Å². The molecule has 0 aliphatic carbocycles. The molecule has 2 rings (SSSR count). The summed E-state index contributed by atoms with van der Waals surface area (Å²) in [4.78, 5) is 0. The lowest BCUT2D eigenvalue weighted by Crippen LogP contribution is -2.01. The number of benzene rings is 2. The zero-order chi connectivity index (χ0) is 13.8. The van der Waals surface area contributed by atoms with E-state index in [9.17, 15) is 8.78 Å². The summed E-state index contributed by atoms with van der Waals surface area (Å²) in [6.07, 6.45) is 0. The van der Waals surface area contributed by atoms with E-state index in [2.05, 4.69) is 0 Å². The van der Waals surface area contributed by atoms with Crippen molar-refractivity contribution in [3.05, 3.63) is 64.2 Å². The average molecular weight is 284 g/mol. The van der Waals surface area contributed by atoms with E-state index in [-0.39, 0.29) is 13.2 Å². The van der Waals surface area contributed by atoms with E-state index in [0.717, 1.165) is 0 Å². The molecule has 0 heterocycles. The standard InChI is InChI=1S/C14H12ClF2NO/c15-11-1-2-14(17)10(5-11)8-19-13-4-9(7-18)3-12(16)6-13/h1-6H,7-8,18H2. The van der Waals surface area contributed by atoms with Crippen molar-refractivity contribution >= 4 is 11.6 Å². The lowest BCUT2D eigenvalue weighted by molar-refractivity contribution is 0.298. The maximum absolute atomic E-state index is 13.5. The fraction of sp³-hybridized carbons (Fsp3) is 0.143. The first-order valence-electron chi connectivity index (χ1n) is 5.65. The quantitative estimate of drug-likeness (QED) is 0.929. The molecule has 0 saturated carbocycles. The largest absolute Gasteiger partial charge is 0.489 e. The summed E-state index contributed by atoms with van der Waals surface area (Å²) < 4.78 is 32.1. The summed E-state index contributed by atoms with van der Waals surface area (Å²) >= 11 is 5.77. The van der Waals surface area contributed by atoms with E-state index in [1.165, 1.54) is 30.3 Å². The highest BCUT2D eigenvalue weighted by atomic mass is 35.5. The Balaban J connectivity index is 2.14. The second-order valence-electron chi connectivity index (χ2n) is 4.02. The lowest BCUT2D eigenvalue weighted by atomic mass is 10.2. The van der Waals surface area contributed by atoms with Gasteiger partial charge in [-0.15, -0.1) is 0 Å². The normalized spacial score (nSPS) is 10.5. The minimum Gasteiger partial charge on any atom is -0.489 e. The van der Waals surface area contributed by atoms with Crippen LogP contribution in [0.2, 0.25) is 5.02 Å². The zero-order valence-corrected chi connectivity index (χ0v) is 10.8. The van der Waals surface area contributed by atoms with Crippen LogP contribution >= 0.6 is 11.6 Å². The molecule has 0 radical (unpaired) electrons. The Morgan fingerprint density at radius 3 is 2.63 bits per heavy atom. The van der Waals surface area contributed by atoms with Gasteiger partial charge in [-0.05, 0) is 35.9 Å². The Bertz CT molecular complexity index is 590. The molecule has 2 N–H and O–H groups in total. The van der Waals surface area contributed by atoms with Crippen LogP contribution in [-0.2, 0) is 13.2 Å². The van der Waals surface area contributed by atoms with E-state index in [1.54, 1.807) is 6.07 Å². The molecule has 2 aromatic rings. The Labute approximate surface area is 114 Å². The van der Waals surface area contributed by atoms with E-state index in [0.29, 0.717) is 21.9 Å². The van der Waals surface area contributed by atoms with Crippen molar-refractivity contribution in [2.45, 2.75) is 13.2 Å². The lowest BCUT2D eigenvalue weighted by Gasteiger charge is -2.09. The molecule has 0 aromatic heterocycles. The fourth-order valence-electron chi connectivity index (χ4n) is 1.64. The van der Waals surface area contributed by atoms with Crippen LogP contribution in [-0.4, -0.2) is 0 Å². The van der Waals surface area contributed by atoms with Crippen molar-refractivity contribution < 1.29 is 13.5 Å². The Morgan fingerprint density at radius 2 is 1.89 bits per heavy atom. The van der Waals surface area contributed by atoms with Crippen molar-refractivity contribution in [3.63, 3.8) is 0 Å². The van der Waals surface area contributed by atoms with Gasteiger partial charge in [-0.2, -0.15) is 0 Å². The van der Waals surface area contributed by atoms with Gasteiger partial charge < -0.3 is 10.5 Å². The molecule has 19 heavy (non-hydrogen) atoms. The van der Waals surface area contributed by atoms with Crippen LogP contribution in [0.4, 0.5) is 8.78 Å².